The summed E-state index contributed by atoms with van der Waals surface area (Å²) in [7, 11) is 0. The fourth-order valence-electron chi connectivity index (χ4n) is 5.18. The Hall–Kier alpha value is -3.92. The molecule has 196 valence electrons. The minimum atomic E-state index is -2.70. The van der Waals surface area contributed by atoms with Gasteiger partial charge >= 0.3 is 0 Å². The van der Waals surface area contributed by atoms with Crippen LogP contribution in [0.5, 0.6) is 0 Å². The van der Waals surface area contributed by atoms with Crippen molar-refractivity contribution < 1.29 is 13.6 Å². The Morgan fingerprint density at radius 3 is 2.61 bits per heavy atom. The number of aromatic nitrogens is 4. The zero-order valence-corrected chi connectivity index (χ0v) is 21.0. The van der Waals surface area contributed by atoms with E-state index in [9.17, 15) is 13.6 Å². The summed E-state index contributed by atoms with van der Waals surface area (Å²) >= 11 is 0. The van der Waals surface area contributed by atoms with Gasteiger partial charge in [0.25, 0.3) is 11.8 Å². The number of anilines is 2. The Balaban J connectivity index is 1.20. The van der Waals surface area contributed by atoms with Gasteiger partial charge < -0.3 is 10.2 Å². The molecule has 2 aliphatic rings. The third kappa shape index (κ3) is 5.22. The summed E-state index contributed by atoms with van der Waals surface area (Å²) < 4.78 is 26.5. The van der Waals surface area contributed by atoms with Crippen molar-refractivity contribution in [2.75, 3.05) is 36.4 Å². The van der Waals surface area contributed by atoms with Gasteiger partial charge in [-0.15, -0.1) is 0 Å². The molecule has 0 unspecified atom stereocenters. The molecule has 0 spiro atoms. The lowest BCUT2D eigenvalue weighted by molar-refractivity contribution is -0.0267. The Morgan fingerprint density at radius 2 is 1.82 bits per heavy atom. The summed E-state index contributed by atoms with van der Waals surface area (Å²) in [6.45, 7) is 2.36. The maximum absolute atomic E-state index is 13.3. The van der Waals surface area contributed by atoms with Crippen LogP contribution in [0.4, 0.5) is 20.3 Å². The second-order valence-electron chi connectivity index (χ2n) is 10.2. The highest BCUT2D eigenvalue weighted by Crippen LogP contribution is 2.32. The fourth-order valence-corrected chi connectivity index (χ4v) is 5.18. The lowest BCUT2D eigenvalue weighted by Gasteiger charge is -2.39. The van der Waals surface area contributed by atoms with Crippen LogP contribution in [0.1, 0.15) is 41.7 Å². The summed E-state index contributed by atoms with van der Waals surface area (Å²) in [4.78, 5) is 25.7. The number of amides is 1. The van der Waals surface area contributed by atoms with Crippen LogP contribution < -0.4 is 10.2 Å². The highest BCUT2D eigenvalue weighted by Gasteiger charge is 2.44. The predicted molar refractivity (Wildman–Crippen MR) is 142 cm³/mol. The van der Waals surface area contributed by atoms with E-state index in [2.05, 4.69) is 36.4 Å². The van der Waals surface area contributed by atoms with Crippen LogP contribution in [0, 0.1) is 0 Å². The van der Waals surface area contributed by atoms with Crippen LogP contribution in [0.25, 0.3) is 22.0 Å². The number of halogens is 2. The SMILES string of the molecule is O=C(Nc1ccnc(N2CC(F)(F)C2)c1)c1n[nH]c2ccc(-c3cncc(CN4CCCCCC4)c3)cc12. The number of H-pyrrole nitrogens is 1. The zero-order chi connectivity index (χ0) is 26.1. The normalized spacial score (nSPS) is 17.7. The summed E-state index contributed by atoms with van der Waals surface area (Å²) in [6, 6.07) is 11.2. The maximum Gasteiger partial charge on any atom is 0.282 e. The number of fused-ring (bicyclic) bond motifs is 1. The molecule has 0 saturated carbocycles. The lowest BCUT2D eigenvalue weighted by atomic mass is 10.0. The Labute approximate surface area is 219 Å². The topological polar surface area (TPSA) is 90.0 Å². The number of carbonyl (C=O) groups excluding carboxylic acids is 1. The van der Waals surface area contributed by atoms with Crippen LogP contribution in [-0.2, 0) is 6.54 Å². The first-order valence-electron chi connectivity index (χ1n) is 13.0. The van der Waals surface area contributed by atoms with Crippen LogP contribution in [0.15, 0.2) is 55.0 Å². The lowest BCUT2D eigenvalue weighted by Crippen LogP contribution is -2.56. The minimum Gasteiger partial charge on any atom is -0.344 e. The van der Waals surface area contributed by atoms with E-state index in [-0.39, 0.29) is 18.8 Å². The average molecular weight is 518 g/mol. The monoisotopic (exact) mass is 517 g/mol. The van der Waals surface area contributed by atoms with Gasteiger partial charge in [0, 0.05) is 47.8 Å². The van der Waals surface area contributed by atoms with Crippen LogP contribution in [0.3, 0.4) is 0 Å². The third-order valence-electron chi connectivity index (χ3n) is 7.18. The van der Waals surface area contributed by atoms with Gasteiger partial charge in [-0.2, -0.15) is 5.10 Å². The molecule has 0 bridgehead atoms. The molecule has 2 N–H and O–H groups in total. The van der Waals surface area contributed by atoms with Gasteiger partial charge in [-0.1, -0.05) is 18.9 Å². The first-order chi connectivity index (χ1) is 18.4. The van der Waals surface area contributed by atoms with Crippen molar-refractivity contribution in [1.82, 2.24) is 25.1 Å². The molecule has 8 nitrogen and oxygen atoms in total. The first kappa shape index (κ1) is 24.4. The van der Waals surface area contributed by atoms with E-state index in [1.54, 1.807) is 12.1 Å². The molecule has 1 amide bonds. The smallest absolute Gasteiger partial charge is 0.282 e. The van der Waals surface area contributed by atoms with E-state index in [0.717, 1.165) is 36.3 Å². The standard InChI is InChI=1S/C28H29F2N7O/c29-28(30)17-37(18-28)25-13-22(7-8-32-25)33-27(38)26-23-12-20(5-6-24(23)34-35-26)21-11-19(14-31-15-21)16-36-9-3-1-2-4-10-36/h5-8,11-15H,1-4,9-10,16-18H2,(H,34,35)(H,32,33,38). The minimum absolute atomic E-state index is 0.254. The second-order valence-corrected chi connectivity index (χ2v) is 10.2. The third-order valence-corrected chi connectivity index (χ3v) is 7.18. The van der Waals surface area contributed by atoms with Crippen molar-refractivity contribution in [3.63, 3.8) is 0 Å². The van der Waals surface area contributed by atoms with Crippen molar-refractivity contribution >= 4 is 28.3 Å². The zero-order valence-electron chi connectivity index (χ0n) is 21.0. The first-order valence-corrected chi connectivity index (χ1v) is 13.0. The molecule has 2 saturated heterocycles. The number of hydrogen-bond acceptors (Lipinski definition) is 6. The molecule has 10 heteroatoms. The number of nitrogens with one attached hydrogen (secondary N) is 2. The Bertz CT molecular complexity index is 1450. The molecule has 0 radical (unpaired) electrons. The Morgan fingerprint density at radius 1 is 1.00 bits per heavy atom. The average Bonchev–Trinajstić information content (AvgIpc) is 3.16. The molecule has 6 rings (SSSR count). The number of rotatable bonds is 6. The number of benzene rings is 1. The largest absolute Gasteiger partial charge is 0.344 e. The predicted octanol–water partition coefficient (Wildman–Crippen LogP) is 5.10. The van der Waals surface area contributed by atoms with Crippen LogP contribution in [0.2, 0.25) is 0 Å². The van der Waals surface area contributed by atoms with Gasteiger partial charge in [0.1, 0.15) is 5.82 Å². The van der Waals surface area contributed by atoms with Crippen molar-refractivity contribution in [3.05, 3.63) is 66.2 Å². The molecular weight excluding hydrogens is 488 g/mol. The molecule has 3 aromatic heterocycles. The number of alkyl halides is 2. The van der Waals surface area contributed by atoms with Gasteiger partial charge in [0.05, 0.1) is 18.6 Å². The molecule has 1 aromatic carbocycles. The number of likely N-dealkylation sites (tertiary alicyclic amines) is 1. The molecule has 0 atom stereocenters. The highest BCUT2D eigenvalue weighted by atomic mass is 19.3. The van der Waals surface area contributed by atoms with Gasteiger partial charge in [-0.25, -0.2) is 13.8 Å². The number of carbonyl (C=O) groups is 1. The van der Waals surface area contributed by atoms with Crippen molar-refractivity contribution in [2.24, 2.45) is 0 Å². The second kappa shape index (κ2) is 10.1. The number of pyridine rings is 2. The molecule has 38 heavy (non-hydrogen) atoms. The summed E-state index contributed by atoms with van der Waals surface area (Å²) in [5.41, 5.74) is 4.56. The highest BCUT2D eigenvalue weighted by molar-refractivity contribution is 6.11. The van der Waals surface area contributed by atoms with E-state index >= 15 is 0 Å². The van der Waals surface area contributed by atoms with Crippen molar-refractivity contribution in [2.45, 2.75) is 38.2 Å². The molecule has 5 heterocycles. The van der Waals surface area contributed by atoms with E-state index < -0.39 is 11.8 Å². The molecule has 2 fully saturated rings. The van der Waals surface area contributed by atoms with E-state index in [0.29, 0.717) is 16.9 Å². The molecule has 4 aromatic rings. The van der Waals surface area contributed by atoms with Crippen LogP contribution in [-0.4, -0.2) is 63.1 Å². The quantitative estimate of drug-likeness (QED) is 0.370. The fraction of sp³-hybridized carbons (Fsp3) is 0.357. The number of hydrogen-bond donors (Lipinski definition) is 2. The van der Waals surface area contributed by atoms with Gasteiger partial charge in [0.2, 0.25) is 0 Å². The number of aromatic amines is 1. The van der Waals surface area contributed by atoms with E-state index in [1.807, 2.05) is 30.6 Å². The molecule has 2 aliphatic heterocycles. The van der Waals surface area contributed by atoms with Crippen molar-refractivity contribution in [3.8, 4) is 11.1 Å². The van der Waals surface area contributed by atoms with E-state index in [1.165, 1.54) is 42.3 Å². The molecular formula is C28H29F2N7O. The Kier molecular flexibility index (Phi) is 6.49. The summed E-state index contributed by atoms with van der Waals surface area (Å²) in [5.74, 6) is -2.70. The summed E-state index contributed by atoms with van der Waals surface area (Å²) in [5, 5.41) is 10.7. The van der Waals surface area contributed by atoms with Crippen molar-refractivity contribution in [1.29, 1.82) is 0 Å². The van der Waals surface area contributed by atoms with Crippen LogP contribution >= 0.6 is 0 Å². The maximum atomic E-state index is 13.3. The molecule has 0 aliphatic carbocycles. The van der Waals surface area contributed by atoms with Gasteiger partial charge in [-0.05, 0) is 61.3 Å². The van der Waals surface area contributed by atoms with Gasteiger partial charge in [-0.3, -0.25) is 19.8 Å². The summed E-state index contributed by atoms with van der Waals surface area (Å²) in [6.07, 6.45) is 10.3. The number of nitrogens with zero attached hydrogens (tertiary/aromatic N) is 5. The van der Waals surface area contributed by atoms with E-state index in [4.69, 9.17) is 0 Å². The van der Waals surface area contributed by atoms with Gasteiger partial charge in [0.15, 0.2) is 5.69 Å².